The van der Waals surface area contributed by atoms with Crippen molar-refractivity contribution in [2.75, 3.05) is 33.2 Å². The summed E-state index contributed by atoms with van der Waals surface area (Å²) in [5.41, 5.74) is -0.476. The van der Waals surface area contributed by atoms with E-state index in [2.05, 4.69) is 22.5 Å². The summed E-state index contributed by atoms with van der Waals surface area (Å²) in [6.07, 6.45) is 2.58. The fourth-order valence-electron chi connectivity index (χ4n) is 1.95. The number of amides is 1. The van der Waals surface area contributed by atoms with Crippen molar-refractivity contribution in [3.63, 3.8) is 0 Å². The quantitative estimate of drug-likeness (QED) is 0.749. The van der Waals surface area contributed by atoms with Crippen molar-refractivity contribution in [3.8, 4) is 0 Å². The second-order valence-electron chi connectivity index (χ2n) is 5.66. The van der Waals surface area contributed by atoms with Gasteiger partial charge >= 0.3 is 0 Å². The first-order valence-corrected chi connectivity index (χ1v) is 6.65. The lowest BCUT2D eigenvalue weighted by atomic mass is 9.99. The molecule has 0 aromatic carbocycles. The van der Waals surface area contributed by atoms with Crippen LogP contribution in [0.15, 0.2) is 0 Å². The van der Waals surface area contributed by atoms with Crippen LogP contribution in [-0.4, -0.2) is 49.6 Å². The molecular formula is C13H27N3O. The third-order valence-corrected chi connectivity index (χ3v) is 3.78. The number of rotatable bonds is 5. The SMILES string of the molecule is CNC(C)(C)C(=O)NCCN1CCC(C)CC1. The highest BCUT2D eigenvalue weighted by Gasteiger charge is 2.24. The van der Waals surface area contributed by atoms with Crippen molar-refractivity contribution < 1.29 is 4.79 Å². The third-order valence-electron chi connectivity index (χ3n) is 3.78. The van der Waals surface area contributed by atoms with Gasteiger partial charge in [0, 0.05) is 13.1 Å². The molecule has 0 spiro atoms. The summed E-state index contributed by atoms with van der Waals surface area (Å²) in [6, 6.07) is 0. The van der Waals surface area contributed by atoms with Crippen LogP contribution in [0, 0.1) is 5.92 Å². The molecule has 1 fully saturated rings. The summed E-state index contributed by atoms with van der Waals surface area (Å²) >= 11 is 0. The van der Waals surface area contributed by atoms with Gasteiger partial charge in [-0.2, -0.15) is 0 Å². The molecule has 1 rings (SSSR count). The zero-order valence-electron chi connectivity index (χ0n) is 11.7. The van der Waals surface area contributed by atoms with E-state index in [0.717, 1.165) is 19.0 Å². The maximum Gasteiger partial charge on any atom is 0.239 e. The average molecular weight is 241 g/mol. The highest BCUT2D eigenvalue weighted by molar-refractivity contribution is 5.85. The zero-order chi connectivity index (χ0) is 12.9. The van der Waals surface area contributed by atoms with Crippen molar-refractivity contribution in [2.45, 2.75) is 39.2 Å². The molecule has 0 atom stereocenters. The molecule has 0 aromatic heterocycles. The molecule has 1 heterocycles. The van der Waals surface area contributed by atoms with Gasteiger partial charge in [-0.15, -0.1) is 0 Å². The summed E-state index contributed by atoms with van der Waals surface area (Å²) in [5.74, 6) is 0.939. The number of likely N-dealkylation sites (N-methyl/N-ethyl adjacent to an activating group) is 1. The van der Waals surface area contributed by atoms with Crippen molar-refractivity contribution in [1.82, 2.24) is 15.5 Å². The van der Waals surface area contributed by atoms with E-state index in [1.54, 1.807) is 0 Å². The van der Waals surface area contributed by atoms with Crippen LogP contribution < -0.4 is 10.6 Å². The smallest absolute Gasteiger partial charge is 0.239 e. The average Bonchev–Trinajstić information content (AvgIpc) is 2.31. The Morgan fingerprint density at radius 2 is 1.94 bits per heavy atom. The monoisotopic (exact) mass is 241 g/mol. The number of carbonyl (C=O) groups excluding carboxylic acids is 1. The number of carbonyl (C=O) groups is 1. The van der Waals surface area contributed by atoms with Crippen LogP contribution >= 0.6 is 0 Å². The highest BCUT2D eigenvalue weighted by Crippen LogP contribution is 2.15. The molecule has 4 heteroatoms. The van der Waals surface area contributed by atoms with Gasteiger partial charge in [0.15, 0.2) is 0 Å². The fraction of sp³-hybridized carbons (Fsp3) is 0.923. The van der Waals surface area contributed by atoms with Crippen LogP contribution in [0.3, 0.4) is 0 Å². The molecule has 0 aliphatic carbocycles. The molecule has 1 amide bonds. The van der Waals surface area contributed by atoms with E-state index in [0.29, 0.717) is 0 Å². The van der Waals surface area contributed by atoms with Gasteiger partial charge in [-0.1, -0.05) is 6.92 Å². The fourth-order valence-corrected chi connectivity index (χ4v) is 1.95. The largest absolute Gasteiger partial charge is 0.353 e. The van der Waals surface area contributed by atoms with E-state index in [-0.39, 0.29) is 5.91 Å². The zero-order valence-corrected chi connectivity index (χ0v) is 11.7. The van der Waals surface area contributed by atoms with Gasteiger partial charge in [0.05, 0.1) is 5.54 Å². The van der Waals surface area contributed by atoms with Gasteiger partial charge in [-0.3, -0.25) is 4.79 Å². The Morgan fingerprint density at radius 3 is 2.47 bits per heavy atom. The second-order valence-corrected chi connectivity index (χ2v) is 5.66. The third kappa shape index (κ3) is 4.64. The van der Waals surface area contributed by atoms with Gasteiger partial charge < -0.3 is 15.5 Å². The molecule has 100 valence electrons. The molecule has 2 N–H and O–H groups in total. The molecule has 17 heavy (non-hydrogen) atoms. The lowest BCUT2D eigenvalue weighted by molar-refractivity contribution is -0.126. The molecular weight excluding hydrogens is 214 g/mol. The van der Waals surface area contributed by atoms with Crippen molar-refractivity contribution in [1.29, 1.82) is 0 Å². The molecule has 1 aliphatic heterocycles. The summed E-state index contributed by atoms with van der Waals surface area (Å²) < 4.78 is 0. The van der Waals surface area contributed by atoms with E-state index in [9.17, 15) is 4.79 Å². The Morgan fingerprint density at radius 1 is 1.35 bits per heavy atom. The van der Waals surface area contributed by atoms with Crippen LogP contribution in [0.25, 0.3) is 0 Å². The van der Waals surface area contributed by atoms with Crippen LogP contribution in [0.2, 0.25) is 0 Å². The number of nitrogens with zero attached hydrogens (tertiary/aromatic N) is 1. The minimum absolute atomic E-state index is 0.0744. The minimum atomic E-state index is -0.476. The van der Waals surface area contributed by atoms with E-state index in [1.807, 2.05) is 20.9 Å². The molecule has 1 saturated heterocycles. The predicted molar refractivity (Wildman–Crippen MR) is 71.0 cm³/mol. The molecule has 4 nitrogen and oxygen atoms in total. The molecule has 0 aromatic rings. The highest BCUT2D eigenvalue weighted by atomic mass is 16.2. The van der Waals surface area contributed by atoms with E-state index in [4.69, 9.17) is 0 Å². The van der Waals surface area contributed by atoms with Crippen LogP contribution in [0.5, 0.6) is 0 Å². The Hall–Kier alpha value is -0.610. The van der Waals surface area contributed by atoms with Crippen molar-refractivity contribution >= 4 is 5.91 Å². The van der Waals surface area contributed by atoms with Gasteiger partial charge in [0.25, 0.3) is 0 Å². The lowest BCUT2D eigenvalue weighted by Crippen LogP contribution is -2.52. The summed E-state index contributed by atoms with van der Waals surface area (Å²) in [5, 5.41) is 6.00. The summed E-state index contributed by atoms with van der Waals surface area (Å²) in [6.45, 7) is 10.2. The first-order valence-electron chi connectivity index (χ1n) is 6.65. The standard InChI is InChI=1S/C13H27N3O/c1-11-5-8-16(9-6-11)10-7-15-12(17)13(2,3)14-4/h11,14H,5-10H2,1-4H3,(H,15,17). The Labute approximate surface area is 105 Å². The number of hydrogen-bond donors (Lipinski definition) is 2. The first-order chi connectivity index (χ1) is 7.95. The maximum atomic E-state index is 11.8. The molecule has 1 aliphatic rings. The van der Waals surface area contributed by atoms with E-state index in [1.165, 1.54) is 25.9 Å². The Balaban J connectivity index is 2.18. The van der Waals surface area contributed by atoms with Gasteiger partial charge in [0.1, 0.15) is 0 Å². The Kier molecular flexibility index (Phi) is 5.40. The molecule has 0 saturated carbocycles. The van der Waals surface area contributed by atoms with E-state index >= 15 is 0 Å². The van der Waals surface area contributed by atoms with Crippen LogP contribution in [0.4, 0.5) is 0 Å². The van der Waals surface area contributed by atoms with Gasteiger partial charge in [0.2, 0.25) is 5.91 Å². The number of nitrogens with one attached hydrogen (secondary N) is 2. The number of likely N-dealkylation sites (tertiary alicyclic amines) is 1. The first kappa shape index (κ1) is 14.5. The number of hydrogen-bond acceptors (Lipinski definition) is 3. The Bertz CT molecular complexity index is 245. The topological polar surface area (TPSA) is 44.4 Å². The lowest BCUT2D eigenvalue weighted by Gasteiger charge is -2.30. The van der Waals surface area contributed by atoms with Gasteiger partial charge in [-0.05, 0) is 52.7 Å². The minimum Gasteiger partial charge on any atom is -0.353 e. The van der Waals surface area contributed by atoms with Crippen molar-refractivity contribution in [2.24, 2.45) is 5.92 Å². The molecule has 0 radical (unpaired) electrons. The molecule has 0 bridgehead atoms. The number of piperidine rings is 1. The second kappa shape index (κ2) is 6.36. The molecule has 0 unspecified atom stereocenters. The predicted octanol–water partition coefficient (Wildman–Crippen LogP) is 0.833. The van der Waals surface area contributed by atoms with Crippen LogP contribution in [-0.2, 0) is 4.79 Å². The normalized spacial score (nSPS) is 19.3. The van der Waals surface area contributed by atoms with E-state index < -0.39 is 5.54 Å². The van der Waals surface area contributed by atoms with Crippen molar-refractivity contribution in [3.05, 3.63) is 0 Å². The summed E-state index contributed by atoms with van der Waals surface area (Å²) in [4.78, 5) is 14.2. The van der Waals surface area contributed by atoms with Gasteiger partial charge in [-0.25, -0.2) is 0 Å². The maximum absolute atomic E-state index is 11.8. The summed E-state index contributed by atoms with van der Waals surface area (Å²) in [7, 11) is 1.81. The van der Waals surface area contributed by atoms with Crippen LogP contribution in [0.1, 0.15) is 33.6 Å².